The maximum Gasteiger partial charge on any atom is 0.418 e. The minimum absolute atomic E-state index is 0.234. The van der Waals surface area contributed by atoms with Gasteiger partial charge in [-0.05, 0) is 17.7 Å². The molecule has 0 radical (unpaired) electrons. The minimum Gasteiger partial charge on any atom is -0.192 e. The van der Waals surface area contributed by atoms with Gasteiger partial charge >= 0.3 is 18.5 Å². The lowest BCUT2D eigenvalue weighted by Gasteiger charge is -2.18. The van der Waals surface area contributed by atoms with Gasteiger partial charge in [0.05, 0.1) is 44.5 Å². The van der Waals surface area contributed by atoms with E-state index in [1.807, 2.05) is 0 Å². The monoisotopic (exact) mass is 559 g/mol. The number of alkyl halides is 9. The molecule has 0 spiro atoms. The molecular formula is C24H2F9N7. The van der Waals surface area contributed by atoms with Gasteiger partial charge in [-0.15, -0.1) is 0 Å². The lowest BCUT2D eigenvalue weighted by molar-refractivity contribution is -0.143. The summed E-state index contributed by atoms with van der Waals surface area (Å²) in [5.74, 6) is 0. The summed E-state index contributed by atoms with van der Waals surface area (Å²) in [6, 6.07) is 6.74. The standard InChI is InChI=1S/C24H2F9N7/c25-22(26,27)17-1-10(2-18(15(17)8-39)23(28,29)30)12(5-36)20-14(7-38)13(6-37)19(11(3-34)4-35)16(9-40)21(20)24(31,32)33/h1-2H/b20-12+. The van der Waals surface area contributed by atoms with Gasteiger partial charge in [0, 0.05) is 10.4 Å². The molecule has 0 N–H and O–H groups in total. The second-order valence-electron chi connectivity index (χ2n) is 7.22. The van der Waals surface area contributed by atoms with Gasteiger partial charge in [0.15, 0.2) is 0 Å². The summed E-state index contributed by atoms with van der Waals surface area (Å²) in [4.78, 5) is 0. The molecule has 196 valence electrons. The van der Waals surface area contributed by atoms with Crippen molar-refractivity contribution in [2.45, 2.75) is 18.5 Å². The maximum absolute atomic E-state index is 14.3. The second-order valence-corrected chi connectivity index (χ2v) is 7.22. The molecule has 0 aliphatic carbocycles. The number of benzene rings is 2. The van der Waals surface area contributed by atoms with Crippen molar-refractivity contribution >= 4 is 11.1 Å². The van der Waals surface area contributed by atoms with Crippen LogP contribution in [0, 0.1) is 79.3 Å². The highest BCUT2D eigenvalue weighted by Gasteiger charge is 2.43. The van der Waals surface area contributed by atoms with Gasteiger partial charge in [0.2, 0.25) is 0 Å². The molecule has 0 heterocycles. The molecule has 0 aromatic heterocycles. The zero-order valence-electron chi connectivity index (χ0n) is 18.7. The highest BCUT2D eigenvalue weighted by molar-refractivity contribution is 5.83. The molecule has 0 saturated carbocycles. The number of nitrogens with zero attached hydrogens (tertiary/aromatic N) is 7. The van der Waals surface area contributed by atoms with E-state index in [0.29, 0.717) is 6.07 Å². The molecule has 0 bridgehead atoms. The average Bonchev–Trinajstić information content (AvgIpc) is 2.86. The fraction of sp³-hybridized carbons (Fsp3) is 0.125. The summed E-state index contributed by atoms with van der Waals surface area (Å²) < 4.78 is 125. The van der Waals surface area contributed by atoms with Crippen LogP contribution in [0.25, 0.3) is 11.1 Å². The van der Waals surface area contributed by atoms with Crippen LogP contribution in [0.5, 0.6) is 0 Å². The topological polar surface area (TPSA) is 167 Å². The summed E-state index contributed by atoms with van der Waals surface area (Å²) in [7, 11) is 0. The molecule has 0 unspecified atom stereocenters. The molecular weight excluding hydrogens is 557 g/mol. The Labute approximate surface area is 216 Å². The van der Waals surface area contributed by atoms with E-state index < -0.39 is 84.6 Å². The first-order valence-corrected chi connectivity index (χ1v) is 9.67. The first-order chi connectivity index (χ1) is 18.5. The van der Waals surface area contributed by atoms with E-state index >= 15 is 0 Å². The van der Waals surface area contributed by atoms with E-state index in [4.69, 9.17) is 15.8 Å². The highest BCUT2D eigenvalue weighted by atomic mass is 19.4. The van der Waals surface area contributed by atoms with Gasteiger partial charge in [0.25, 0.3) is 0 Å². The molecule has 0 amide bonds. The number of hydrogen-bond acceptors (Lipinski definition) is 7. The summed E-state index contributed by atoms with van der Waals surface area (Å²) >= 11 is 0. The maximum atomic E-state index is 14.3. The van der Waals surface area contributed by atoms with Gasteiger partial charge in [-0.25, -0.2) is 0 Å². The van der Waals surface area contributed by atoms with E-state index in [1.54, 1.807) is 0 Å². The van der Waals surface area contributed by atoms with E-state index in [9.17, 15) is 60.6 Å². The Balaban J connectivity index is 3.67. The molecule has 2 rings (SSSR count). The molecule has 0 fully saturated rings. The quantitative estimate of drug-likeness (QED) is 0.473. The Kier molecular flexibility index (Phi) is 7.84. The van der Waals surface area contributed by atoms with E-state index in [2.05, 4.69) is 0 Å². The van der Waals surface area contributed by atoms with Crippen molar-refractivity contribution in [3.8, 4) is 42.5 Å². The molecule has 0 atom stereocenters. The van der Waals surface area contributed by atoms with Crippen LogP contribution in [0.3, 0.4) is 0 Å². The highest BCUT2D eigenvalue weighted by Crippen LogP contribution is 2.41. The zero-order chi connectivity index (χ0) is 30.8. The Hall–Kier alpha value is -6.02. The smallest absolute Gasteiger partial charge is 0.192 e. The third-order valence-electron chi connectivity index (χ3n) is 5.10. The Morgan fingerprint density at radius 2 is 0.900 bits per heavy atom. The number of rotatable bonds is 1. The summed E-state index contributed by atoms with van der Waals surface area (Å²) in [6.45, 7) is 0. The van der Waals surface area contributed by atoms with Gasteiger partial charge < -0.3 is 0 Å². The van der Waals surface area contributed by atoms with Crippen LogP contribution < -0.4 is 10.4 Å². The minimum atomic E-state index is -5.79. The zero-order valence-corrected chi connectivity index (χ0v) is 18.7. The average molecular weight is 559 g/mol. The third-order valence-corrected chi connectivity index (χ3v) is 5.10. The fourth-order valence-corrected chi connectivity index (χ4v) is 3.62. The largest absolute Gasteiger partial charge is 0.418 e. The molecule has 16 heteroatoms. The first-order valence-electron chi connectivity index (χ1n) is 9.67. The lowest BCUT2D eigenvalue weighted by atomic mass is 9.86. The van der Waals surface area contributed by atoms with Gasteiger partial charge in [-0.3, -0.25) is 0 Å². The molecule has 0 aliphatic heterocycles. The summed E-state index contributed by atoms with van der Waals surface area (Å²) in [5, 5.41) is 62.6. The van der Waals surface area contributed by atoms with Crippen LogP contribution in [0.4, 0.5) is 39.5 Å². The van der Waals surface area contributed by atoms with E-state index in [-0.39, 0.29) is 12.1 Å². The van der Waals surface area contributed by atoms with Crippen LogP contribution in [0.2, 0.25) is 0 Å². The first kappa shape index (κ1) is 30.2. The number of hydrogen-bond donors (Lipinski definition) is 0. The van der Waals surface area contributed by atoms with Gasteiger partial charge in [-0.1, -0.05) is 0 Å². The normalized spacial score (nSPS) is 11.8. The van der Waals surface area contributed by atoms with E-state index in [1.165, 1.54) is 6.07 Å². The van der Waals surface area contributed by atoms with Crippen molar-refractivity contribution in [3.05, 3.63) is 67.1 Å². The van der Waals surface area contributed by atoms with Crippen LogP contribution in [0.15, 0.2) is 12.1 Å². The third kappa shape index (κ3) is 5.05. The number of halogens is 9. The van der Waals surface area contributed by atoms with Crippen LogP contribution in [-0.2, 0) is 18.5 Å². The van der Waals surface area contributed by atoms with Crippen LogP contribution in [-0.4, -0.2) is 0 Å². The predicted molar refractivity (Wildman–Crippen MR) is 109 cm³/mol. The van der Waals surface area contributed by atoms with Gasteiger partial charge in [0.1, 0.15) is 48.1 Å². The summed E-state index contributed by atoms with van der Waals surface area (Å²) in [6.07, 6.45) is -17.2. The van der Waals surface area contributed by atoms with E-state index in [0.717, 1.165) is 30.3 Å². The molecule has 2 aromatic carbocycles. The predicted octanol–water partition coefficient (Wildman–Crippen LogP) is 4.15. The fourth-order valence-electron chi connectivity index (χ4n) is 3.62. The molecule has 0 saturated heterocycles. The second kappa shape index (κ2) is 10.4. The van der Waals surface area contributed by atoms with Crippen molar-refractivity contribution in [2.24, 2.45) is 0 Å². The summed E-state index contributed by atoms with van der Waals surface area (Å²) in [5.41, 5.74) is -17.7. The Bertz CT molecular complexity index is 1830. The van der Waals surface area contributed by atoms with Crippen molar-refractivity contribution < 1.29 is 39.5 Å². The molecule has 0 aliphatic rings. The van der Waals surface area contributed by atoms with Gasteiger partial charge in [-0.2, -0.15) is 76.3 Å². The van der Waals surface area contributed by atoms with Crippen molar-refractivity contribution in [1.29, 1.82) is 36.8 Å². The van der Waals surface area contributed by atoms with Crippen molar-refractivity contribution in [1.82, 2.24) is 0 Å². The van der Waals surface area contributed by atoms with Crippen molar-refractivity contribution in [3.63, 3.8) is 0 Å². The molecule has 2 aromatic rings. The number of nitriles is 7. The van der Waals surface area contributed by atoms with Crippen LogP contribution >= 0.6 is 0 Å². The SMILES string of the molecule is N#CC(C#N)=c1c(C#N)c(C#N)/c(=C(/C#N)c2cc(C(F)(F)F)c(C#N)c(C(F)(F)F)c2)c(C(F)(F)F)c1C#N. The van der Waals surface area contributed by atoms with Crippen LogP contribution in [0.1, 0.15) is 44.5 Å². The van der Waals surface area contributed by atoms with Crippen molar-refractivity contribution in [2.75, 3.05) is 0 Å². The molecule has 7 nitrogen and oxygen atoms in total. The lowest BCUT2D eigenvalue weighted by Crippen LogP contribution is -2.35. The Morgan fingerprint density at radius 1 is 0.500 bits per heavy atom. The Morgan fingerprint density at radius 3 is 1.20 bits per heavy atom. The molecule has 40 heavy (non-hydrogen) atoms.